The van der Waals surface area contributed by atoms with Gasteiger partial charge in [0.1, 0.15) is 5.82 Å². The quantitative estimate of drug-likeness (QED) is 0.871. The van der Waals surface area contributed by atoms with Gasteiger partial charge in [0.2, 0.25) is 10.0 Å². The zero-order chi connectivity index (χ0) is 13.2. The average Bonchev–Trinajstić information content (AvgIpc) is 2.32. The summed E-state index contributed by atoms with van der Waals surface area (Å²) in [5.74, 6) is 0.599. The molecule has 1 aromatic rings. The van der Waals surface area contributed by atoms with Crippen LogP contribution >= 0.6 is 0 Å². The fourth-order valence-electron chi connectivity index (χ4n) is 2.35. The summed E-state index contributed by atoms with van der Waals surface area (Å²) in [4.78, 5) is 3.99. The van der Waals surface area contributed by atoms with E-state index in [9.17, 15) is 8.42 Å². The fraction of sp³-hybridized carbons (Fsp3) is 0.583. The minimum atomic E-state index is -3.49. The maximum absolute atomic E-state index is 12.2. The molecule has 0 spiro atoms. The molecular formula is C12H19N3O2S. The molecule has 0 amide bonds. The van der Waals surface area contributed by atoms with Crippen LogP contribution in [0.2, 0.25) is 0 Å². The number of hydrogen-bond donors (Lipinski definition) is 2. The van der Waals surface area contributed by atoms with Gasteiger partial charge in [-0.05, 0) is 24.8 Å². The van der Waals surface area contributed by atoms with Gasteiger partial charge in [0.25, 0.3) is 0 Å². The van der Waals surface area contributed by atoms with E-state index in [0.29, 0.717) is 5.92 Å². The van der Waals surface area contributed by atoms with Crippen LogP contribution in [0, 0.1) is 5.92 Å². The highest BCUT2D eigenvalue weighted by atomic mass is 32.2. The number of pyridine rings is 1. The number of nitrogens with one attached hydrogen (secondary N) is 1. The Morgan fingerprint density at radius 2 is 2.11 bits per heavy atom. The van der Waals surface area contributed by atoms with Crippen molar-refractivity contribution in [3.63, 3.8) is 0 Å². The van der Waals surface area contributed by atoms with Gasteiger partial charge in [-0.15, -0.1) is 0 Å². The van der Waals surface area contributed by atoms with Crippen LogP contribution in [-0.4, -0.2) is 19.4 Å². The summed E-state index contributed by atoms with van der Waals surface area (Å²) in [5.41, 5.74) is 5.51. The van der Waals surface area contributed by atoms with Gasteiger partial charge in [-0.1, -0.05) is 19.8 Å². The Morgan fingerprint density at radius 3 is 2.78 bits per heavy atom. The summed E-state index contributed by atoms with van der Waals surface area (Å²) < 4.78 is 27.2. The van der Waals surface area contributed by atoms with Crippen LogP contribution in [-0.2, 0) is 10.0 Å². The Bertz CT molecular complexity index is 516. The lowest BCUT2D eigenvalue weighted by Crippen LogP contribution is -2.40. The Hall–Kier alpha value is -1.14. The second-order valence-electron chi connectivity index (χ2n) is 4.91. The Labute approximate surface area is 108 Å². The van der Waals surface area contributed by atoms with Crippen molar-refractivity contribution in [1.82, 2.24) is 9.71 Å². The van der Waals surface area contributed by atoms with E-state index in [1.807, 2.05) is 0 Å². The van der Waals surface area contributed by atoms with E-state index in [1.165, 1.54) is 24.8 Å². The summed E-state index contributed by atoms with van der Waals surface area (Å²) in [7, 11) is -3.49. The molecule has 1 saturated carbocycles. The van der Waals surface area contributed by atoms with E-state index in [2.05, 4.69) is 16.6 Å². The number of aromatic nitrogens is 1. The number of rotatable bonds is 3. The normalized spacial score (nSPS) is 24.9. The van der Waals surface area contributed by atoms with Crippen molar-refractivity contribution >= 4 is 15.8 Å². The Morgan fingerprint density at radius 1 is 1.39 bits per heavy atom. The molecule has 0 aliphatic heterocycles. The monoisotopic (exact) mass is 269 g/mol. The first-order chi connectivity index (χ1) is 8.49. The predicted octanol–water partition coefficient (Wildman–Crippen LogP) is 1.52. The molecular weight excluding hydrogens is 250 g/mol. The second kappa shape index (κ2) is 5.24. The molecule has 2 atom stereocenters. The molecule has 1 heterocycles. The molecule has 100 valence electrons. The molecule has 0 bridgehead atoms. The van der Waals surface area contributed by atoms with Crippen molar-refractivity contribution < 1.29 is 8.42 Å². The van der Waals surface area contributed by atoms with Crippen molar-refractivity contribution in [3.8, 4) is 0 Å². The van der Waals surface area contributed by atoms with Crippen LogP contribution in [0.15, 0.2) is 23.2 Å². The van der Waals surface area contributed by atoms with E-state index < -0.39 is 10.0 Å². The highest BCUT2D eigenvalue weighted by Crippen LogP contribution is 2.25. The van der Waals surface area contributed by atoms with Crippen molar-refractivity contribution in [2.75, 3.05) is 5.73 Å². The molecule has 1 fully saturated rings. The molecule has 3 N–H and O–H groups in total. The van der Waals surface area contributed by atoms with Crippen LogP contribution in [0.3, 0.4) is 0 Å². The number of nitrogens with zero attached hydrogens (tertiary/aromatic N) is 1. The lowest BCUT2D eigenvalue weighted by Gasteiger charge is -2.29. The van der Waals surface area contributed by atoms with E-state index >= 15 is 0 Å². The van der Waals surface area contributed by atoms with Gasteiger partial charge >= 0.3 is 0 Å². The van der Waals surface area contributed by atoms with Crippen molar-refractivity contribution in [2.24, 2.45) is 5.92 Å². The average molecular weight is 269 g/mol. The Kier molecular flexibility index (Phi) is 3.87. The van der Waals surface area contributed by atoms with Gasteiger partial charge < -0.3 is 5.73 Å². The second-order valence-corrected chi connectivity index (χ2v) is 6.62. The van der Waals surface area contributed by atoms with Gasteiger partial charge in [0.15, 0.2) is 0 Å². The molecule has 0 saturated heterocycles. The molecule has 5 nitrogen and oxygen atoms in total. The predicted molar refractivity (Wildman–Crippen MR) is 70.4 cm³/mol. The summed E-state index contributed by atoms with van der Waals surface area (Å²) in [6, 6.07) is 2.88. The summed E-state index contributed by atoms with van der Waals surface area (Å²) >= 11 is 0. The molecule has 6 heteroatoms. The highest BCUT2D eigenvalue weighted by molar-refractivity contribution is 7.89. The number of hydrogen-bond acceptors (Lipinski definition) is 4. The summed E-state index contributed by atoms with van der Waals surface area (Å²) in [6.45, 7) is 2.09. The molecule has 1 aromatic heterocycles. The maximum atomic E-state index is 12.2. The Balaban J connectivity index is 2.16. The zero-order valence-corrected chi connectivity index (χ0v) is 11.3. The molecule has 1 aliphatic rings. The summed E-state index contributed by atoms with van der Waals surface area (Å²) in [6.07, 6.45) is 5.65. The summed E-state index contributed by atoms with van der Waals surface area (Å²) in [5, 5.41) is 0. The van der Waals surface area contributed by atoms with Gasteiger partial charge in [0.05, 0.1) is 4.90 Å². The topological polar surface area (TPSA) is 85.1 Å². The van der Waals surface area contributed by atoms with Crippen molar-refractivity contribution in [3.05, 3.63) is 18.3 Å². The molecule has 0 aromatic carbocycles. The van der Waals surface area contributed by atoms with Gasteiger partial charge in [-0.25, -0.2) is 18.1 Å². The van der Waals surface area contributed by atoms with E-state index in [1.54, 1.807) is 0 Å². The minimum absolute atomic E-state index is 0.0261. The fourth-order valence-corrected chi connectivity index (χ4v) is 3.75. The van der Waals surface area contributed by atoms with Gasteiger partial charge in [-0.2, -0.15) is 0 Å². The van der Waals surface area contributed by atoms with Gasteiger partial charge in [0, 0.05) is 18.3 Å². The third-order valence-corrected chi connectivity index (χ3v) is 4.97. The molecule has 1 aliphatic carbocycles. The largest absolute Gasteiger partial charge is 0.384 e. The van der Waals surface area contributed by atoms with Crippen LogP contribution in [0.5, 0.6) is 0 Å². The van der Waals surface area contributed by atoms with Crippen LogP contribution in [0.25, 0.3) is 0 Å². The standard InChI is InChI=1S/C12H19N3O2S/c1-9-4-2-3-5-11(9)15-18(16,17)10-6-7-14-12(13)8-10/h6-9,11,15H,2-5H2,1H3,(H2,13,14). The first-order valence-corrected chi connectivity index (χ1v) is 7.71. The van der Waals surface area contributed by atoms with E-state index in [4.69, 9.17) is 5.73 Å². The lowest BCUT2D eigenvalue weighted by molar-refractivity contribution is 0.310. The van der Waals surface area contributed by atoms with Gasteiger partial charge in [-0.3, -0.25) is 0 Å². The van der Waals surface area contributed by atoms with Crippen molar-refractivity contribution in [1.29, 1.82) is 0 Å². The lowest BCUT2D eigenvalue weighted by atomic mass is 9.87. The van der Waals surface area contributed by atoms with E-state index in [-0.39, 0.29) is 16.8 Å². The molecule has 2 unspecified atom stereocenters. The van der Waals surface area contributed by atoms with Crippen molar-refractivity contribution in [2.45, 2.75) is 43.5 Å². The molecule has 2 rings (SSSR count). The third kappa shape index (κ3) is 3.00. The first kappa shape index (κ1) is 13.3. The molecule has 0 radical (unpaired) electrons. The minimum Gasteiger partial charge on any atom is -0.384 e. The first-order valence-electron chi connectivity index (χ1n) is 6.23. The maximum Gasteiger partial charge on any atom is 0.241 e. The smallest absolute Gasteiger partial charge is 0.241 e. The van der Waals surface area contributed by atoms with E-state index in [0.717, 1.165) is 19.3 Å². The van der Waals surface area contributed by atoms with Crippen LogP contribution < -0.4 is 10.5 Å². The van der Waals surface area contributed by atoms with Crippen LogP contribution in [0.4, 0.5) is 5.82 Å². The SMILES string of the molecule is CC1CCCCC1NS(=O)(=O)c1ccnc(N)c1. The number of nitrogens with two attached hydrogens (primary N) is 1. The highest BCUT2D eigenvalue weighted by Gasteiger charge is 2.26. The molecule has 18 heavy (non-hydrogen) atoms. The third-order valence-electron chi connectivity index (χ3n) is 3.48. The zero-order valence-electron chi connectivity index (χ0n) is 10.5. The number of sulfonamides is 1. The number of nitrogen functional groups attached to an aromatic ring is 1. The van der Waals surface area contributed by atoms with Crippen LogP contribution in [0.1, 0.15) is 32.6 Å². The number of anilines is 1.